The van der Waals surface area contributed by atoms with Gasteiger partial charge >= 0.3 is 0 Å². The summed E-state index contributed by atoms with van der Waals surface area (Å²) in [7, 11) is -0.561. The van der Waals surface area contributed by atoms with Gasteiger partial charge in [0, 0.05) is 28.3 Å². The molecule has 1 N–H and O–H groups in total. The van der Waals surface area contributed by atoms with Gasteiger partial charge in [0.2, 0.25) is 0 Å². The summed E-state index contributed by atoms with van der Waals surface area (Å²) in [5, 5.41) is 3.81. The van der Waals surface area contributed by atoms with Gasteiger partial charge in [0.25, 0.3) is 0 Å². The molecule has 0 aromatic carbocycles. The van der Waals surface area contributed by atoms with Crippen molar-refractivity contribution in [3.63, 3.8) is 0 Å². The number of rotatable bonds is 6. The maximum absolute atomic E-state index is 11.7. The first-order valence-corrected chi connectivity index (χ1v) is 6.80. The lowest BCUT2D eigenvalue weighted by molar-refractivity contribution is 0.657. The van der Waals surface area contributed by atoms with Crippen molar-refractivity contribution in [3.8, 4) is 0 Å². The highest BCUT2D eigenvalue weighted by Gasteiger charge is 2.20. The van der Waals surface area contributed by atoms with Crippen molar-refractivity contribution in [2.45, 2.75) is 44.3 Å². The molecule has 3 heteroatoms. The van der Waals surface area contributed by atoms with Gasteiger partial charge in [-0.05, 0) is 25.8 Å². The van der Waals surface area contributed by atoms with E-state index in [1.807, 2.05) is 0 Å². The van der Waals surface area contributed by atoms with E-state index in [-0.39, 0.29) is 0 Å². The van der Waals surface area contributed by atoms with Gasteiger partial charge in [-0.15, -0.1) is 0 Å². The second kappa shape index (κ2) is 6.55. The lowest BCUT2D eigenvalue weighted by atomic mass is 10.4. The van der Waals surface area contributed by atoms with E-state index < -0.39 is 10.8 Å². The fraction of sp³-hybridized carbons (Fsp3) is 1.00. The molecule has 0 heterocycles. The van der Waals surface area contributed by atoms with Crippen LogP contribution in [0.2, 0.25) is 0 Å². The molecule has 0 saturated heterocycles. The second-order valence-electron chi connectivity index (χ2n) is 3.74. The minimum atomic E-state index is -0.561. The van der Waals surface area contributed by atoms with Gasteiger partial charge in [-0.25, -0.2) is 0 Å². The highest BCUT2D eigenvalue weighted by molar-refractivity contribution is 7.85. The molecule has 0 radical (unpaired) electrons. The summed E-state index contributed by atoms with van der Waals surface area (Å²) in [6.07, 6.45) is 6.13. The van der Waals surface area contributed by atoms with Crippen LogP contribution in [0.1, 0.15) is 39.0 Å². The lowest BCUT2D eigenvalue weighted by Crippen LogP contribution is -2.24. The Bertz CT molecular complexity index is 155. The molecule has 2 nitrogen and oxygen atoms in total. The monoisotopic (exact) mass is 203 g/mol. The highest BCUT2D eigenvalue weighted by atomic mass is 32.2. The molecule has 0 spiro atoms. The first-order chi connectivity index (χ1) is 6.34. The molecule has 1 atom stereocenters. The summed E-state index contributed by atoms with van der Waals surface area (Å²) < 4.78 is 11.7. The molecular formula is C10H21NOS. The minimum Gasteiger partial charge on any atom is -0.316 e. The van der Waals surface area contributed by atoms with Crippen LogP contribution in [0.4, 0.5) is 0 Å². The zero-order valence-electron chi connectivity index (χ0n) is 8.55. The Morgan fingerprint density at radius 1 is 1.31 bits per heavy atom. The number of hydrogen-bond donors (Lipinski definition) is 1. The van der Waals surface area contributed by atoms with Gasteiger partial charge in [0.1, 0.15) is 0 Å². The molecule has 1 aliphatic rings. The molecule has 1 aliphatic carbocycles. The third-order valence-corrected chi connectivity index (χ3v) is 4.40. The van der Waals surface area contributed by atoms with E-state index in [0.717, 1.165) is 25.3 Å². The van der Waals surface area contributed by atoms with Gasteiger partial charge in [-0.1, -0.05) is 19.8 Å². The smallest absolute Gasteiger partial charge is 0.0362 e. The Hall–Kier alpha value is 0.110. The van der Waals surface area contributed by atoms with Crippen molar-refractivity contribution in [3.05, 3.63) is 0 Å². The van der Waals surface area contributed by atoms with Crippen molar-refractivity contribution < 1.29 is 4.21 Å². The quantitative estimate of drug-likeness (QED) is 0.665. The molecule has 1 saturated carbocycles. The Balaban J connectivity index is 2.03. The van der Waals surface area contributed by atoms with Crippen LogP contribution in [0.5, 0.6) is 0 Å². The van der Waals surface area contributed by atoms with E-state index in [1.165, 1.54) is 25.7 Å². The van der Waals surface area contributed by atoms with Gasteiger partial charge in [-0.3, -0.25) is 4.21 Å². The van der Waals surface area contributed by atoms with Crippen LogP contribution >= 0.6 is 0 Å². The third kappa shape index (κ3) is 4.23. The Kier molecular flexibility index (Phi) is 5.63. The predicted molar refractivity (Wildman–Crippen MR) is 58.4 cm³/mol. The van der Waals surface area contributed by atoms with Crippen molar-refractivity contribution in [2.75, 3.05) is 18.8 Å². The molecule has 1 fully saturated rings. The molecule has 0 amide bonds. The number of hydrogen-bond acceptors (Lipinski definition) is 2. The lowest BCUT2D eigenvalue weighted by Gasteiger charge is -2.09. The molecule has 0 aromatic rings. The van der Waals surface area contributed by atoms with Gasteiger partial charge in [-0.2, -0.15) is 0 Å². The molecule has 1 rings (SSSR count). The van der Waals surface area contributed by atoms with Gasteiger partial charge in [0.05, 0.1) is 0 Å². The fourth-order valence-corrected chi connectivity index (χ4v) is 3.33. The van der Waals surface area contributed by atoms with E-state index in [9.17, 15) is 4.21 Å². The second-order valence-corrected chi connectivity index (χ2v) is 5.58. The topological polar surface area (TPSA) is 29.1 Å². The highest BCUT2D eigenvalue weighted by Crippen LogP contribution is 2.22. The summed E-state index contributed by atoms with van der Waals surface area (Å²) >= 11 is 0. The zero-order valence-corrected chi connectivity index (χ0v) is 9.37. The summed E-state index contributed by atoms with van der Waals surface area (Å²) in [6.45, 7) is 4.14. The first kappa shape index (κ1) is 11.2. The van der Waals surface area contributed by atoms with Crippen molar-refractivity contribution in [2.24, 2.45) is 0 Å². The summed E-state index contributed by atoms with van der Waals surface area (Å²) in [6, 6.07) is 0. The van der Waals surface area contributed by atoms with Crippen molar-refractivity contribution in [1.82, 2.24) is 5.32 Å². The Morgan fingerprint density at radius 3 is 2.62 bits per heavy atom. The standard InChI is InChI=1S/C10H21NOS/c1-2-7-11-8-9-13(12)10-5-3-4-6-10/h10-11H,2-9H2,1H3. The van der Waals surface area contributed by atoms with E-state index in [2.05, 4.69) is 12.2 Å². The van der Waals surface area contributed by atoms with Crippen molar-refractivity contribution >= 4 is 10.8 Å². The van der Waals surface area contributed by atoms with E-state index in [4.69, 9.17) is 0 Å². The predicted octanol–water partition coefficient (Wildman–Crippen LogP) is 1.68. The van der Waals surface area contributed by atoms with Crippen LogP contribution in [0.3, 0.4) is 0 Å². The summed E-state index contributed by atoms with van der Waals surface area (Å²) in [5.74, 6) is 0.852. The summed E-state index contributed by atoms with van der Waals surface area (Å²) in [5.41, 5.74) is 0. The van der Waals surface area contributed by atoms with E-state index in [0.29, 0.717) is 5.25 Å². The Labute approximate surface area is 83.9 Å². The molecule has 0 aliphatic heterocycles. The summed E-state index contributed by atoms with van der Waals surface area (Å²) in [4.78, 5) is 0. The van der Waals surface area contributed by atoms with Gasteiger partial charge in [0.15, 0.2) is 0 Å². The minimum absolute atomic E-state index is 0.517. The molecule has 0 aromatic heterocycles. The zero-order chi connectivity index (χ0) is 9.52. The van der Waals surface area contributed by atoms with Crippen LogP contribution in [0.15, 0.2) is 0 Å². The average molecular weight is 203 g/mol. The van der Waals surface area contributed by atoms with Crippen molar-refractivity contribution in [1.29, 1.82) is 0 Å². The van der Waals surface area contributed by atoms with E-state index >= 15 is 0 Å². The van der Waals surface area contributed by atoms with Crippen LogP contribution in [0.25, 0.3) is 0 Å². The molecular weight excluding hydrogens is 182 g/mol. The molecule has 13 heavy (non-hydrogen) atoms. The van der Waals surface area contributed by atoms with Crippen LogP contribution in [0, 0.1) is 0 Å². The first-order valence-electron chi connectivity index (χ1n) is 5.42. The Morgan fingerprint density at radius 2 is 2.00 bits per heavy atom. The maximum Gasteiger partial charge on any atom is 0.0362 e. The average Bonchev–Trinajstić information content (AvgIpc) is 2.65. The van der Waals surface area contributed by atoms with Crippen LogP contribution in [-0.4, -0.2) is 28.3 Å². The van der Waals surface area contributed by atoms with Gasteiger partial charge < -0.3 is 5.32 Å². The molecule has 78 valence electrons. The van der Waals surface area contributed by atoms with Crippen LogP contribution < -0.4 is 5.32 Å². The molecule has 1 unspecified atom stereocenters. The van der Waals surface area contributed by atoms with Crippen LogP contribution in [-0.2, 0) is 10.8 Å². The third-order valence-electron chi connectivity index (χ3n) is 2.58. The van der Waals surface area contributed by atoms with E-state index in [1.54, 1.807) is 0 Å². The largest absolute Gasteiger partial charge is 0.316 e. The molecule has 0 bridgehead atoms. The normalized spacial score (nSPS) is 20.7. The number of nitrogens with one attached hydrogen (secondary N) is 1. The fourth-order valence-electron chi connectivity index (χ4n) is 1.79. The maximum atomic E-state index is 11.7. The SMILES string of the molecule is CCCNCCS(=O)C1CCCC1.